The molecule has 2 fully saturated rings. The molecule has 29 heavy (non-hydrogen) atoms. The van der Waals surface area contributed by atoms with E-state index in [0.717, 1.165) is 24.2 Å². The summed E-state index contributed by atoms with van der Waals surface area (Å²) in [6, 6.07) is 6.35. The molecule has 9 nitrogen and oxygen atoms in total. The summed E-state index contributed by atoms with van der Waals surface area (Å²) >= 11 is 0. The van der Waals surface area contributed by atoms with Crippen molar-refractivity contribution in [2.24, 2.45) is 17.6 Å². The Morgan fingerprint density at radius 2 is 1.76 bits per heavy atom. The van der Waals surface area contributed by atoms with Crippen LogP contribution in [0.5, 0.6) is 0 Å². The number of benzene rings is 1. The number of halogens is 1. The van der Waals surface area contributed by atoms with Crippen molar-refractivity contribution >= 4 is 47.5 Å². The van der Waals surface area contributed by atoms with Crippen LogP contribution in [-0.2, 0) is 14.4 Å². The molecule has 0 aromatic heterocycles. The minimum absolute atomic E-state index is 0. The SMILES string of the molecule is Cl.NC[C@H]1CCC[C@H]1C(=O)Nc1ccc(NC(=O)CCN2C(=O)CNC2=O)cc1. The molecule has 1 aromatic rings. The van der Waals surface area contributed by atoms with Crippen LogP contribution in [-0.4, -0.2) is 48.3 Å². The van der Waals surface area contributed by atoms with Gasteiger partial charge >= 0.3 is 6.03 Å². The first-order valence-corrected chi connectivity index (χ1v) is 9.47. The van der Waals surface area contributed by atoms with Crippen LogP contribution < -0.4 is 21.7 Å². The fraction of sp³-hybridized carbons (Fsp3) is 0.474. The van der Waals surface area contributed by atoms with Crippen molar-refractivity contribution in [1.82, 2.24) is 10.2 Å². The second kappa shape index (κ2) is 10.2. The van der Waals surface area contributed by atoms with Gasteiger partial charge in [0.25, 0.3) is 0 Å². The fourth-order valence-corrected chi connectivity index (χ4v) is 3.65. The van der Waals surface area contributed by atoms with E-state index >= 15 is 0 Å². The molecule has 1 aromatic carbocycles. The van der Waals surface area contributed by atoms with Crippen LogP contribution in [0, 0.1) is 11.8 Å². The highest BCUT2D eigenvalue weighted by atomic mass is 35.5. The molecule has 5 N–H and O–H groups in total. The first-order valence-electron chi connectivity index (χ1n) is 9.47. The standard InChI is InChI=1S/C19H25N5O4.ClH/c20-10-12-2-1-3-15(12)18(27)23-14-6-4-13(5-7-14)22-16(25)8-9-24-17(26)11-21-19(24)28;/h4-7,12,15H,1-3,8-11,20H2,(H,21,28)(H,22,25)(H,23,27);1H/t12-,15-;/m1./s1. The van der Waals surface area contributed by atoms with Gasteiger partial charge in [0, 0.05) is 30.3 Å². The molecule has 1 heterocycles. The summed E-state index contributed by atoms with van der Waals surface area (Å²) in [5, 5.41) is 8.02. The lowest BCUT2D eigenvalue weighted by molar-refractivity contribution is -0.125. The predicted molar refractivity (Wildman–Crippen MR) is 111 cm³/mol. The van der Waals surface area contributed by atoms with Crippen molar-refractivity contribution in [3.63, 3.8) is 0 Å². The maximum absolute atomic E-state index is 12.4. The average molecular weight is 424 g/mol. The van der Waals surface area contributed by atoms with E-state index in [1.54, 1.807) is 24.3 Å². The molecular formula is C19H26ClN5O4. The van der Waals surface area contributed by atoms with Crippen molar-refractivity contribution < 1.29 is 19.2 Å². The number of nitrogens with zero attached hydrogens (tertiary/aromatic N) is 1. The summed E-state index contributed by atoms with van der Waals surface area (Å²) in [6.45, 7) is 0.530. The van der Waals surface area contributed by atoms with Gasteiger partial charge in [-0.3, -0.25) is 19.3 Å². The number of urea groups is 1. The Labute approximate surface area is 175 Å². The molecule has 0 radical (unpaired) electrons. The van der Waals surface area contributed by atoms with Crippen LogP contribution in [0.15, 0.2) is 24.3 Å². The monoisotopic (exact) mass is 423 g/mol. The van der Waals surface area contributed by atoms with Crippen molar-refractivity contribution in [3.8, 4) is 0 Å². The Kier molecular flexibility index (Phi) is 7.98. The minimum Gasteiger partial charge on any atom is -0.330 e. The lowest BCUT2D eigenvalue weighted by Crippen LogP contribution is -2.33. The summed E-state index contributed by atoms with van der Waals surface area (Å²) in [6.07, 6.45) is 2.89. The van der Waals surface area contributed by atoms with E-state index in [2.05, 4.69) is 16.0 Å². The zero-order valence-electron chi connectivity index (χ0n) is 16.0. The Hall–Kier alpha value is -2.65. The number of carbonyl (C=O) groups excluding carboxylic acids is 4. The van der Waals surface area contributed by atoms with E-state index < -0.39 is 6.03 Å². The molecule has 1 aliphatic heterocycles. The first-order chi connectivity index (χ1) is 13.5. The number of nitrogens with one attached hydrogen (secondary N) is 3. The van der Waals surface area contributed by atoms with Crippen LogP contribution >= 0.6 is 12.4 Å². The summed E-state index contributed by atoms with van der Waals surface area (Å²) in [5.74, 6) is -0.464. The highest BCUT2D eigenvalue weighted by Crippen LogP contribution is 2.31. The summed E-state index contributed by atoms with van der Waals surface area (Å²) in [5.41, 5.74) is 6.96. The summed E-state index contributed by atoms with van der Waals surface area (Å²) < 4.78 is 0. The smallest absolute Gasteiger partial charge is 0.324 e. The number of carbonyl (C=O) groups is 4. The Bertz CT molecular complexity index is 754. The van der Waals surface area contributed by atoms with E-state index in [9.17, 15) is 19.2 Å². The molecule has 1 aliphatic carbocycles. The van der Waals surface area contributed by atoms with E-state index in [-0.39, 0.29) is 61.5 Å². The molecule has 3 rings (SSSR count). The number of hydrogen-bond donors (Lipinski definition) is 4. The number of rotatable bonds is 7. The third kappa shape index (κ3) is 5.68. The van der Waals surface area contributed by atoms with Gasteiger partial charge in [-0.15, -0.1) is 12.4 Å². The molecule has 0 unspecified atom stereocenters. The van der Waals surface area contributed by atoms with Gasteiger partial charge in [-0.1, -0.05) is 6.42 Å². The molecule has 10 heteroatoms. The van der Waals surface area contributed by atoms with Crippen LogP contribution in [0.25, 0.3) is 0 Å². The third-order valence-corrected chi connectivity index (χ3v) is 5.23. The normalized spacial score (nSPS) is 20.8. The molecule has 2 atom stereocenters. The molecule has 158 valence electrons. The van der Waals surface area contributed by atoms with Crippen molar-refractivity contribution in [2.75, 3.05) is 30.3 Å². The van der Waals surface area contributed by atoms with Gasteiger partial charge in [0.2, 0.25) is 17.7 Å². The number of amides is 5. The van der Waals surface area contributed by atoms with Gasteiger partial charge in [-0.2, -0.15) is 0 Å². The van der Waals surface area contributed by atoms with Crippen LogP contribution in [0.1, 0.15) is 25.7 Å². The van der Waals surface area contributed by atoms with E-state index in [0.29, 0.717) is 17.9 Å². The first kappa shape index (κ1) is 22.6. The van der Waals surface area contributed by atoms with Crippen molar-refractivity contribution in [3.05, 3.63) is 24.3 Å². The maximum Gasteiger partial charge on any atom is 0.324 e. The molecule has 1 saturated carbocycles. The molecular weight excluding hydrogens is 398 g/mol. The van der Waals surface area contributed by atoms with Gasteiger partial charge in [0.15, 0.2) is 0 Å². The van der Waals surface area contributed by atoms with Gasteiger partial charge in [-0.05, 0) is 49.6 Å². The largest absolute Gasteiger partial charge is 0.330 e. The predicted octanol–water partition coefficient (Wildman–Crippen LogP) is 1.30. The lowest BCUT2D eigenvalue weighted by Gasteiger charge is -2.17. The molecule has 0 spiro atoms. The quantitative estimate of drug-likeness (QED) is 0.490. The Morgan fingerprint density at radius 3 is 2.34 bits per heavy atom. The Balaban J connectivity index is 0.00000300. The summed E-state index contributed by atoms with van der Waals surface area (Å²) in [4.78, 5) is 48.4. The molecule has 1 saturated heterocycles. The highest BCUT2D eigenvalue weighted by molar-refractivity contribution is 6.02. The fourth-order valence-electron chi connectivity index (χ4n) is 3.65. The summed E-state index contributed by atoms with van der Waals surface area (Å²) in [7, 11) is 0. The van der Waals surface area contributed by atoms with Crippen molar-refractivity contribution in [2.45, 2.75) is 25.7 Å². The molecule has 2 aliphatic rings. The van der Waals surface area contributed by atoms with Crippen molar-refractivity contribution in [1.29, 1.82) is 0 Å². The zero-order valence-corrected chi connectivity index (χ0v) is 16.8. The second-order valence-corrected chi connectivity index (χ2v) is 7.10. The second-order valence-electron chi connectivity index (χ2n) is 7.10. The van der Waals surface area contributed by atoms with Gasteiger partial charge < -0.3 is 21.7 Å². The number of imide groups is 1. The Morgan fingerprint density at radius 1 is 1.10 bits per heavy atom. The zero-order chi connectivity index (χ0) is 20.1. The molecule has 0 bridgehead atoms. The number of anilines is 2. The lowest BCUT2D eigenvalue weighted by atomic mass is 9.95. The van der Waals surface area contributed by atoms with E-state index in [1.165, 1.54) is 0 Å². The van der Waals surface area contributed by atoms with E-state index in [4.69, 9.17) is 5.73 Å². The van der Waals surface area contributed by atoms with Crippen LogP contribution in [0.3, 0.4) is 0 Å². The maximum atomic E-state index is 12.4. The van der Waals surface area contributed by atoms with Gasteiger partial charge in [0.05, 0.1) is 6.54 Å². The molecule has 5 amide bonds. The van der Waals surface area contributed by atoms with Crippen LogP contribution in [0.4, 0.5) is 16.2 Å². The van der Waals surface area contributed by atoms with Gasteiger partial charge in [-0.25, -0.2) is 4.79 Å². The number of hydrogen-bond acceptors (Lipinski definition) is 5. The minimum atomic E-state index is -0.475. The topological polar surface area (TPSA) is 134 Å². The number of nitrogens with two attached hydrogens (primary N) is 1. The van der Waals surface area contributed by atoms with Crippen LogP contribution in [0.2, 0.25) is 0 Å². The average Bonchev–Trinajstić information content (AvgIpc) is 3.28. The third-order valence-electron chi connectivity index (χ3n) is 5.23. The van der Waals surface area contributed by atoms with Gasteiger partial charge in [0.1, 0.15) is 0 Å². The van der Waals surface area contributed by atoms with E-state index in [1.807, 2.05) is 0 Å². The highest BCUT2D eigenvalue weighted by Gasteiger charge is 2.32.